The van der Waals surface area contributed by atoms with Crippen molar-refractivity contribution in [3.8, 4) is 0 Å². The molecule has 1 aromatic carbocycles. The molecule has 0 spiro atoms. The van der Waals surface area contributed by atoms with E-state index in [-0.39, 0.29) is 17.7 Å². The summed E-state index contributed by atoms with van der Waals surface area (Å²) in [4.78, 5) is 30.5. The number of benzene rings is 1. The van der Waals surface area contributed by atoms with Crippen LogP contribution in [0.5, 0.6) is 0 Å². The highest BCUT2D eigenvalue weighted by Crippen LogP contribution is 2.41. The zero-order chi connectivity index (χ0) is 24.0. The first-order valence-electron chi connectivity index (χ1n) is 11.5. The van der Waals surface area contributed by atoms with Crippen LogP contribution >= 0.6 is 0 Å². The Bertz CT molecular complexity index is 948. The minimum atomic E-state index is -3.68. The van der Waals surface area contributed by atoms with Crippen LogP contribution in [-0.2, 0) is 21.4 Å². The van der Waals surface area contributed by atoms with Crippen molar-refractivity contribution in [1.82, 2.24) is 14.1 Å². The highest BCUT2D eigenvalue weighted by Gasteiger charge is 2.58. The predicted molar refractivity (Wildman–Crippen MR) is 126 cm³/mol. The van der Waals surface area contributed by atoms with Gasteiger partial charge in [0.2, 0.25) is 15.9 Å². The Morgan fingerprint density at radius 2 is 1.62 bits per heavy atom. The summed E-state index contributed by atoms with van der Waals surface area (Å²) >= 11 is 0. The third-order valence-corrected chi connectivity index (χ3v) is 7.99. The molecule has 178 valence electrons. The lowest BCUT2D eigenvalue weighted by Crippen LogP contribution is -2.44. The average molecular weight is 464 g/mol. The fraction of sp³-hybridized carbons (Fsp3) is 0.667. The number of rotatable bonds is 7. The lowest BCUT2D eigenvalue weighted by Gasteiger charge is -2.31. The van der Waals surface area contributed by atoms with E-state index in [0.29, 0.717) is 30.6 Å². The molecule has 0 bridgehead atoms. The molecule has 0 radical (unpaired) electrons. The molecule has 0 N–H and O–H groups in total. The maximum atomic E-state index is 13.4. The van der Waals surface area contributed by atoms with Gasteiger partial charge < -0.3 is 4.90 Å². The summed E-state index contributed by atoms with van der Waals surface area (Å²) in [6, 6.07) is 7.62. The van der Waals surface area contributed by atoms with Crippen LogP contribution in [0.2, 0.25) is 0 Å². The molecule has 3 atom stereocenters. The average Bonchev–Trinajstić information content (AvgIpc) is 3.21. The first kappa shape index (κ1) is 24.7. The predicted octanol–water partition coefficient (Wildman–Crippen LogP) is 2.96. The van der Waals surface area contributed by atoms with Crippen LogP contribution in [0, 0.1) is 11.8 Å². The molecule has 2 aliphatic rings. The van der Waals surface area contributed by atoms with E-state index in [9.17, 15) is 18.0 Å². The van der Waals surface area contributed by atoms with E-state index in [1.165, 1.54) is 0 Å². The van der Waals surface area contributed by atoms with Crippen molar-refractivity contribution in [3.05, 3.63) is 35.4 Å². The van der Waals surface area contributed by atoms with Crippen molar-refractivity contribution in [2.75, 3.05) is 12.8 Å². The standard InChI is InChI=1S/C24H37N3O4S/c1-15(2)21-22-20(27(24(21)29)32(7,30)31)12-13-25(22)23(28)19-10-8-18(9-11-19)14-26(16(3)4)17(5)6/h8-11,15-17,20-22H,12-14H2,1-7H3/t20-,21+,22-/m0/s1. The van der Waals surface area contributed by atoms with Gasteiger partial charge in [0.15, 0.2) is 0 Å². The van der Waals surface area contributed by atoms with Crippen LogP contribution in [0.15, 0.2) is 24.3 Å². The zero-order valence-corrected chi connectivity index (χ0v) is 21.1. The van der Waals surface area contributed by atoms with Gasteiger partial charge in [-0.1, -0.05) is 26.0 Å². The molecule has 2 aliphatic heterocycles. The van der Waals surface area contributed by atoms with E-state index >= 15 is 0 Å². The third kappa shape index (κ3) is 4.57. The number of amides is 2. The molecule has 2 fully saturated rings. The number of hydrogen-bond donors (Lipinski definition) is 0. The Kier molecular flexibility index (Phi) is 7.05. The summed E-state index contributed by atoms with van der Waals surface area (Å²) in [6.45, 7) is 13.8. The van der Waals surface area contributed by atoms with E-state index in [4.69, 9.17) is 0 Å². The topological polar surface area (TPSA) is 78.0 Å². The van der Waals surface area contributed by atoms with Gasteiger partial charge in [-0.15, -0.1) is 0 Å². The molecule has 1 aromatic rings. The van der Waals surface area contributed by atoms with Crippen molar-refractivity contribution >= 4 is 21.8 Å². The Morgan fingerprint density at radius 3 is 2.09 bits per heavy atom. The lowest BCUT2D eigenvalue weighted by atomic mass is 9.88. The third-order valence-electron chi connectivity index (χ3n) is 6.82. The number of carbonyl (C=O) groups is 2. The number of fused-ring (bicyclic) bond motifs is 1. The van der Waals surface area contributed by atoms with Crippen molar-refractivity contribution in [1.29, 1.82) is 0 Å². The smallest absolute Gasteiger partial charge is 0.254 e. The second kappa shape index (κ2) is 9.14. The summed E-state index contributed by atoms with van der Waals surface area (Å²) in [5.41, 5.74) is 1.71. The van der Waals surface area contributed by atoms with Crippen LogP contribution in [0.4, 0.5) is 0 Å². The fourth-order valence-corrected chi connectivity index (χ4v) is 6.53. The van der Waals surface area contributed by atoms with Crippen LogP contribution in [0.1, 0.15) is 63.9 Å². The molecule has 3 rings (SSSR count). The molecular formula is C24H37N3O4S. The maximum Gasteiger partial charge on any atom is 0.254 e. The molecule has 32 heavy (non-hydrogen) atoms. The lowest BCUT2D eigenvalue weighted by molar-refractivity contribution is -0.129. The van der Waals surface area contributed by atoms with Gasteiger partial charge in [-0.05, 0) is 57.7 Å². The molecule has 7 nitrogen and oxygen atoms in total. The van der Waals surface area contributed by atoms with Gasteiger partial charge in [0, 0.05) is 30.7 Å². The van der Waals surface area contributed by atoms with Gasteiger partial charge in [-0.3, -0.25) is 14.5 Å². The van der Waals surface area contributed by atoms with Crippen LogP contribution < -0.4 is 0 Å². The van der Waals surface area contributed by atoms with E-state index in [2.05, 4.69) is 32.6 Å². The van der Waals surface area contributed by atoms with Crippen molar-refractivity contribution in [2.24, 2.45) is 11.8 Å². The van der Waals surface area contributed by atoms with Crippen molar-refractivity contribution in [2.45, 2.75) is 78.7 Å². The van der Waals surface area contributed by atoms with Gasteiger partial charge in [-0.25, -0.2) is 12.7 Å². The van der Waals surface area contributed by atoms with Gasteiger partial charge in [-0.2, -0.15) is 0 Å². The number of nitrogens with zero attached hydrogens (tertiary/aromatic N) is 3. The van der Waals surface area contributed by atoms with Crippen molar-refractivity contribution in [3.63, 3.8) is 0 Å². The van der Waals surface area contributed by atoms with Gasteiger partial charge in [0.05, 0.1) is 24.3 Å². The molecule has 8 heteroatoms. The Hall–Kier alpha value is -1.93. The molecule has 2 heterocycles. The summed E-state index contributed by atoms with van der Waals surface area (Å²) in [5, 5.41) is 0. The van der Waals surface area contributed by atoms with E-state index in [1.54, 1.807) is 4.90 Å². The minimum Gasteiger partial charge on any atom is -0.333 e. The Labute approximate surface area is 192 Å². The van der Waals surface area contributed by atoms with Crippen molar-refractivity contribution < 1.29 is 18.0 Å². The van der Waals surface area contributed by atoms with E-state index < -0.39 is 28.0 Å². The number of carbonyl (C=O) groups excluding carboxylic acids is 2. The van der Waals surface area contributed by atoms with Crippen LogP contribution in [0.25, 0.3) is 0 Å². The molecule has 0 aliphatic carbocycles. The highest BCUT2D eigenvalue weighted by atomic mass is 32.2. The summed E-state index contributed by atoms with van der Waals surface area (Å²) in [5.74, 6) is -1.09. The minimum absolute atomic E-state index is 0.0597. The van der Waals surface area contributed by atoms with E-state index in [0.717, 1.165) is 22.7 Å². The zero-order valence-electron chi connectivity index (χ0n) is 20.3. The Balaban J connectivity index is 1.83. The molecule has 2 amide bonds. The fourth-order valence-electron chi connectivity index (χ4n) is 5.36. The van der Waals surface area contributed by atoms with Crippen LogP contribution in [0.3, 0.4) is 0 Å². The number of sulfonamides is 1. The summed E-state index contributed by atoms with van der Waals surface area (Å²) in [6.07, 6.45) is 1.56. The molecule has 0 saturated carbocycles. The molecular weight excluding hydrogens is 426 g/mol. The van der Waals surface area contributed by atoms with Gasteiger partial charge in [0.1, 0.15) is 0 Å². The largest absolute Gasteiger partial charge is 0.333 e. The normalized spacial score (nSPS) is 23.8. The van der Waals surface area contributed by atoms with E-state index in [1.807, 2.05) is 38.1 Å². The quantitative estimate of drug-likeness (QED) is 0.621. The maximum absolute atomic E-state index is 13.4. The number of likely N-dealkylation sites (tertiary alicyclic amines) is 1. The molecule has 0 aromatic heterocycles. The highest BCUT2D eigenvalue weighted by molar-refractivity contribution is 7.88. The Morgan fingerprint density at radius 1 is 1.06 bits per heavy atom. The SMILES string of the molecule is CC(C)[C@H]1C(=O)N(S(C)(=O)=O)[C@H]2CCN(C(=O)c3ccc(CN(C(C)C)C(C)C)cc3)[C@H]12. The number of hydrogen-bond acceptors (Lipinski definition) is 5. The van der Waals surface area contributed by atoms with Gasteiger partial charge >= 0.3 is 0 Å². The van der Waals surface area contributed by atoms with Crippen LogP contribution in [-0.4, -0.2) is 71.3 Å². The first-order valence-corrected chi connectivity index (χ1v) is 13.4. The summed E-state index contributed by atoms with van der Waals surface area (Å²) < 4.78 is 25.7. The second-order valence-electron chi connectivity index (χ2n) is 10.1. The van der Waals surface area contributed by atoms with Gasteiger partial charge in [0.25, 0.3) is 5.91 Å². The second-order valence-corrected chi connectivity index (χ2v) is 11.9. The first-order chi connectivity index (χ1) is 14.8. The monoisotopic (exact) mass is 463 g/mol. The summed E-state index contributed by atoms with van der Waals surface area (Å²) in [7, 11) is -3.68. The molecule has 2 saturated heterocycles. The molecule has 0 unspecified atom stereocenters.